The number of methoxy groups -OCH3 is 1. The molecule has 1 saturated heterocycles. The first-order chi connectivity index (χ1) is 16.1. The lowest BCUT2D eigenvalue weighted by atomic mass is 10.1. The molecule has 33 heavy (non-hydrogen) atoms. The van der Waals surface area contributed by atoms with Crippen molar-refractivity contribution < 1.29 is 14.3 Å². The Labute approximate surface area is 196 Å². The Morgan fingerprint density at radius 3 is 2.58 bits per heavy atom. The number of carbonyl (C=O) groups excluding carboxylic acids is 2. The molecule has 5 rings (SSSR count). The zero-order chi connectivity index (χ0) is 22.8. The lowest BCUT2D eigenvalue weighted by molar-refractivity contribution is -0.117. The molecule has 2 amide bonds. The van der Waals surface area contributed by atoms with Gasteiger partial charge in [-0.15, -0.1) is 0 Å². The third-order valence-corrected chi connectivity index (χ3v) is 6.78. The van der Waals surface area contributed by atoms with E-state index in [1.54, 1.807) is 29.0 Å². The summed E-state index contributed by atoms with van der Waals surface area (Å²) in [5.41, 5.74) is 3.22. The predicted molar refractivity (Wildman–Crippen MR) is 131 cm³/mol. The van der Waals surface area contributed by atoms with Crippen molar-refractivity contribution in [2.45, 2.75) is 19.4 Å². The minimum Gasteiger partial charge on any atom is -0.497 e. The predicted octanol–water partition coefficient (Wildman–Crippen LogP) is 5.28. The van der Waals surface area contributed by atoms with Gasteiger partial charge in [-0.2, -0.15) is 0 Å². The summed E-state index contributed by atoms with van der Waals surface area (Å²) >= 11 is 1.46. The van der Waals surface area contributed by atoms with Crippen molar-refractivity contribution in [3.63, 3.8) is 0 Å². The fraction of sp³-hybridized carbons (Fsp3) is 0.192. The van der Waals surface area contributed by atoms with Crippen molar-refractivity contribution in [1.82, 2.24) is 4.98 Å². The first-order valence-electron chi connectivity index (χ1n) is 10.8. The van der Waals surface area contributed by atoms with Crippen molar-refractivity contribution in [2.75, 3.05) is 23.5 Å². The van der Waals surface area contributed by atoms with Crippen LogP contribution in [0.5, 0.6) is 5.75 Å². The van der Waals surface area contributed by atoms with E-state index < -0.39 is 0 Å². The number of anilines is 2. The van der Waals surface area contributed by atoms with Crippen LogP contribution in [0, 0.1) is 0 Å². The van der Waals surface area contributed by atoms with E-state index in [1.165, 1.54) is 11.3 Å². The van der Waals surface area contributed by atoms with Crippen LogP contribution in [0.3, 0.4) is 0 Å². The minimum atomic E-state index is -0.135. The van der Waals surface area contributed by atoms with Gasteiger partial charge in [-0.25, -0.2) is 4.98 Å². The Morgan fingerprint density at radius 2 is 1.88 bits per heavy atom. The molecule has 0 aliphatic carbocycles. The van der Waals surface area contributed by atoms with Crippen molar-refractivity contribution in [3.8, 4) is 5.75 Å². The smallest absolute Gasteiger partial charge is 0.260 e. The molecule has 1 aromatic heterocycles. The Kier molecular flexibility index (Phi) is 5.79. The molecule has 6 nitrogen and oxygen atoms in total. The quantitative estimate of drug-likeness (QED) is 0.395. The number of amides is 2. The van der Waals surface area contributed by atoms with E-state index in [1.807, 2.05) is 60.7 Å². The fourth-order valence-corrected chi connectivity index (χ4v) is 4.98. The average molecular weight is 458 g/mol. The van der Waals surface area contributed by atoms with E-state index in [-0.39, 0.29) is 11.8 Å². The second-order valence-corrected chi connectivity index (χ2v) is 8.91. The summed E-state index contributed by atoms with van der Waals surface area (Å²) in [7, 11) is 1.63. The maximum Gasteiger partial charge on any atom is 0.260 e. The number of carbonyl (C=O) groups is 2. The number of ether oxygens (including phenoxy) is 1. The van der Waals surface area contributed by atoms with Crippen LogP contribution < -0.4 is 14.5 Å². The summed E-state index contributed by atoms with van der Waals surface area (Å²) in [6, 6.07) is 22.9. The number of nitrogens with zero attached hydrogens (tertiary/aromatic N) is 3. The van der Waals surface area contributed by atoms with Gasteiger partial charge in [0, 0.05) is 24.2 Å². The molecule has 4 aromatic rings. The van der Waals surface area contributed by atoms with Crippen molar-refractivity contribution >= 4 is 44.2 Å². The van der Waals surface area contributed by atoms with Crippen LogP contribution in [0.2, 0.25) is 0 Å². The number of rotatable bonds is 6. The van der Waals surface area contributed by atoms with Gasteiger partial charge in [0.1, 0.15) is 5.75 Å². The monoisotopic (exact) mass is 457 g/mol. The average Bonchev–Trinajstić information content (AvgIpc) is 3.48. The summed E-state index contributed by atoms with van der Waals surface area (Å²) in [4.78, 5) is 33.9. The molecule has 0 atom stereocenters. The summed E-state index contributed by atoms with van der Waals surface area (Å²) in [5.74, 6) is 0.750. The third-order valence-electron chi connectivity index (χ3n) is 5.74. The van der Waals surface area contributed by atoms with Crippen LogP contribution >= 0.6 is 11.3 Å². The summed E-state index contributed by atoms with van der Waals surface area (Å²) < 4.78 is 6.29. The molecule has 0 radical (unpaired) electrons. The number of thiazole rings is 1. The molecule has 2 heterocycles. The highest BCUT2D eigenvalue weighted by Gasteiger charge is 2.24. The third kappa shape index (κ3) is 4.32. The van der Waals surface area contributed by atoms with E-state index in [0.29, 0.717) is 23.7 Å². The maximum absolute atomic E-state index is 13.6. The lowest BCUT2D eigenvalue weighted by Crippen LogP contribution is -2.30. The SMILES string of the molecule is COc1ccc2nc(N(Cc3ccccc3)C(=O)c3ccc(N4CCCC4=O)cc3)sc2c1. The minimum absolute atomic E-state index is 0.129. The standard InChI is InChI=1S/C26H23N3O3S/c1-32-21-13-14-22-23(16-21)33-26(27-22)29(17-18-6-3-2-4-7-18)25(31)19-9-11-20(12-10-19)28-15-5-8-24(28)30/h2-4,6-7,9-14,16H,5,8,15,17H2,1H3. The van der Waals surface area contributed by atoms with Crippen molar-refractivity contribution in [3.05, 3.63) is 83.9 Å². The zero-order valence-electron chi connectivity index (χ0n) is 18.2. The van der Waals surface area contributed by atoms with Gasteiger partial charge in [0.15, 0.2) is 5.13 Å². The van der Waals surface area contributed by atoms with E-state index in [2.05, 4.69) is 0 Å². The Balaban J connectivity index is 1.48. The van der Waals surface area contributed by atoms with Gasteiger partial charge in [0.2, 0.25) is 5.91 Å². The van der Waals surface area contributed by atoms with E-state index in [4.69, 9.17) is 9.72 Å². The number of fused-ring (bicyclic) bond motifs is 1. The molecule has 0 unspecified atom stereocenters. The van der Waals surface area contributed by atoms with E-state index >= 15 is 0 Å². The Hall–Kier alpha value is -3.71. The van der Waals surface area contributed by atoms with Crippen LogP contribution in [-0.2, 0) is 11.3 Å². The Morgan fingerprint density at radius 1 is 1.09 bits per heavy atom. The molecule has 0 spiro atoms. The van der Waals surface area contributed by atoms with Gasteiger partial charge in [-0.3, -0.25) is 14.5 Å². The number of benzene rings is 3. The van der Waals surface area contributed by atoms with Crippen LogP contribution in [-0.4, -0.2) is 30.5 Å². The van der Waals surface area contributed by atoms with Crippen LogP contribution in [0.1, 0.15) is 28.8 Å². The summed E-state index contributed by atoms with van der Waals surface area (Å²) in [6.07, 6.45) is 1.45. The summed E-state index contributed by atoms with van der Waals surface area (Å²) in [5, 5.41) is 0.630. The second-order valence-electron chi connectivity index (χ2n) is 7.90. The maximum atomic E-state index is 13.6. The van der Waals surface area contributed by atoms with Gasteiger partial charge >= 0.3 is 0 Å². The second kappa shape index (κ2) is 9.03. The Bertz CT molecular complexity index is 1300. The largest absolute Gasteiger partial charge is 0.497 e. The van der Waals surface area contributed by atoms with Crippen LogP contribution in [0.15, 0.2) is 72.8 Å². The molecule has 1 aliphatic heterocycles. The molecule has 3 aromatic carbocycles. The number of aromatic nitrogens is 1. The first kappa shape index (κ1) is 21.2. The topological polar surface area (TPSA) is 62.7 Å². The molecule has 7 heteroatoms. The fourth-order valence-electron chi connectivity index (χ4n) is 3.99. The highest BCUT2D eigenvalue weighted by atomic mass is 32.1. The van der Waals surface area contributed by atoms with Gasteiger partial charge < -0.3 is 9.64 Å². The molecule has 1 aliphatic rings. The van der Waals surface area contributed by atoms with Gasteiger partial charge in [0.25, 0.3) is 5.91 Å². The molecule has 0 bridgehead atoms. The lowest BCUT2D eigenvalue weighted by Gasteiger charge is -2.21. The van der Waals surface area contributed by atoms with E-state index in [9.17, 15) is 9.59 Å². The molecule has 1 fully saturated rings. The highest BCUT2D eigenvalue weighted by molar-refractivity contribution is 7.22. The molecular formula is C26H23N3O3S. The van der Waals surface area contributed by atoms with E-state index in [0.717, 1.165) is 40.2 Å². The van der Waals surface area contributed by atoms with Crippen molar-refractivity contribution in [2.24, 2.45) is 0 Å². The van der Waals surface area contributed by atoms with Gasteiger partial charge in [-0.05, 0) is 54.4 Å². The van der Waals surface area contributed by atoms with Crippen molar-refractivity contribution in [1.29, 1.82) is 0 Å². The normalized spacial score (nSPS) is 13.5. The molecule has 166 valence electrons. The highest BCUT2D eigenvalue weighted by Crippen LogP contribution is 2.33. The molecular weight excluding hydrogens is 434 g/mol. The summed E-state index contributed by atoms with van der Waals surface area (Å²) in [6.45, 7) is 1.13. The van der Waals surface area contributed by atoms with Gasteiger partial charge in [-0.1, -0.05) is 41.7 Å². The van der Waals surface area contributed by atoms with Crippen LogP contribution in [0.25, 0.3) is 10.2 Å². The number of hydrogen-bond acceptors (Lipinski definition) is 5. The number of hydrogen-bond donors (Lipinski definition) is 0. The molecule has 0 N–H and O–H groups in total. The zero-order valence-corrected chi connectivity index (χ0v) is 19.0. The van der Waals surface area contributed by atoms with Gasteiger partial charge in [0.05, 0.1) is 23.9 Å². The van der Waals surface area contributed by atoms with Crippen LogP contribution in [0.4, 0.5) is 10.8 Å². The molecule has 0 saturated carbocycles. The first-order valence-corrected chi connectivity index (χ1v) is 11.6.